The second-order valence-electron chi connectivity index (χ2n) is 5.38. The predicted molar refractivity (Wildman–Crippen MR) is 92.4 cm³/mol. The Morgan fingerprint density at radius 2 is 1.92 bits per heavy atom. The van der Waals surface area contributed by atoms with Gasteiger partial charge in [0.25, 0.3) is 5.69 Å². The normalized spacial score (nSPS) is 11.0. The van der Waals surface area contributed by atoms with Gasteiger partial charge in [-0.1, -0.05) is 12.1 Å². The maximum atomic E-state index is 11.0. The van der Waals surface area contributed by atoms with Crippen molar-refractivity contribution in [3.8, 4) is 11.3 Å². The molecule has 0 aliphatic heterocycles. The quantitative estimate of drug-likeness (QED) is 0.436. The summed E-state index contributed by atoms with van der Waals surface area (Å²) >= 11 is 0. The Balaban J connectivity index is 2.07. The summed E-state index contributed by atoms with van der Waals surface area (Å²) in [5.74, 6) is 0.584. The zero-order valence-corrected chi connectivity index (χ0v) is 13.3. The van der Waals surface area contributed by atoms with Crippen molar-refractivity contribution >= 4 is 22.5 Å². The van der Waals surface area contributed by atoms with Crippen LogP contribution in [0, 0.1) is 10.1 Å². The zero-order chi connectivity index (χ0) is 17.8. The minimum absolute atomic E-state index is 0.00431. The van der Waals surface area contributed by atoms with Gasteiger partial charge in [0.2, 0.25) is 0 Å². The fraction of sp³-hybridized carbons (Fsp3) is 0.250. The first-order valence-electron chi connectivity index (χ1n) is 7.69. The molecule has 0 fully saturated rings. The average Bonchev–Trinajstić information content (AvgIpc) is 3.06. The molecule has 2 heterocycles. The summed E-state index contributed by atoms with van der Waals surface area (Å²) in [6.07, 6.45) is 1.40. The van der Waals surface area contributed by atoms with Gasteiger partial charge >= 0.3 is 0 Å². The molecular formula is C16H17N5O4. The monoisotopic (exact) mass is 343 g/mol. The van der Waals surface area contributed by atoms with Crippen LogP contribution in [0.1, 0.15) is 0 Å². The molecular weight excluding hydrogens is 326 g/mol. The highest BCUT2D eigenvalue weighted by molar-refractivity contribution is 5.92. The number of nitrogens with one attached hydrogen (secondary N) is 1. The third-order valence-corrected chi connectivity index (χ3v) is 3.81. The van der Waals surface area contributed by atoms with Crippen molar-refractivity contribution in [2.75, 3.05) is 31.2 Å². The Morgan fingerprint density at radius 1 is 1.16 bits per heavy atom. The maximum absolute atomic E-state index is 11.0. The van der Waals surface area contributed by atoms with Gasteiger partial charge in [0.1, 0.15) is 17.8 Å². The topological polar surface area (TPSA) is 128 Å². The van der Waals surface area contributed by atoms with E-state index in [-0.39, 0.29) is 18.9 Å². The van der Waals surface area contributed by atoms with E-state index < -0.39 is 4.92 Å². The molecule has 3 aromatic rings. The first-order chi connectivity index (χ1) is 12.1. The van der Waals surface area contributed by atoms with Gasteiger partial charge in [-0.3, -0.25) is 10.1 Å². The van der Waals surface area contributed by atoms with E-state index in [0.717, 1.165) is 0 Å². The first-order valence-corrected chi connectivity index (χ1v) is 7.69. The van der Waals surface area contributed by atoms with Crippen molar-refractivity contribution in [3.05, 3.63) is 46.8 Å². The van der Waals surface area contributed by atoms with Crippen LogP contribution in [0.5, 0.6) is 0 Å². The third-order valence-electron chi connectivity index (χ3n) is 3.81. The van der Waals surface area contributed by atoms with Crippen LogP contribution in [0.25, 0.3) is 22.3 Å². The third kappa shape index (κ3) is 3.42. The van der Waals surface area contributed by atoms with Crippen LogP contribution in [-0.4, -0.2) is 56.4 Å². The molecule has 130 valence electrons. The van der Waals surface area contributed by atoms with Crippen molar-refractivity contribution in [3.63, 3.8) is 0 Å². The fourth-order valence-electron chi connectivity index (χ4n) is 2.69. The van der Waals surface area contributed by atoms with Crippen molar-refractivity contribution < 1.29 is 15.1 Å². The number of nitrogens with zero attached hydrogens (tertiary/aromatic N) is 4. The number of benzene rings is 1. The lowest BCUT2D eigenvalue weighted by atomic mass is 10.1. The molecule has 3 N–H and O–H groups in total. The molecule has 3 rings (SSSR count). The number of rotatable bonds is 7. The van der Waals surface area contributed by atoms with Crippen molar-refractivity contribution in [2.45, 2.75) is 0 Å². The molecule has 25 heavy (non-hydrogen) atoms. The van der Waals surface area contributed by atoms with Crippen LogP contribution in [0.2, 0.25) is 0 Å². The van der Waals surface area contributed by atoms with Gasteiger partial charge in [-0.05, 0) is 6.07 Å². The Labute approximate surface area is 142 Å². The number of hydrogen-bond acceptors (Lipinski definition) is 7. The summed E-state index contributed by atoms with van der Waals surface area (Å²) < 4.78 is 0. The van der Waals surface area contributed by atoms with Crippen molar-refractivity contribution in [1.29, 1.82) is 0 Å². The average molecular weight is 343 g/mol. The predicted octanol–water partition coefficient (Wildman–Crippen LogP) is 1.32. The SMILES string of the molecule is O=[N+]([O-])c1cccc(-c2cc3c(N(CCO)CCO)ncnc3[nH]2)c1. The number of nitro groups is 1. The highest BCUT2D eigenvalue weighted by atomic mass is 16.6. The fourth-order valence-corrected chi connectivity index (χ4v) is 2.69. The number of hydrogen-bond donors (Lipinski definition) is 3. The Kier molecular flexibility index (Phi) is 4.87. The van der Waals surface area contributed by atoms with Gasteiger partial charge in [-0.2, -0.15) is 0 Å². The summed E-state index contributed by atoms with van der Waals surface area (Å²) in [4.78, 5) is 23.9. The van der Waals surface area contributed by atoms with Gasteiger partial charge in [-0.15, -0.1) is 0 Å². The number of aliphatic hydroxyl groups is 2. The molecule has 9 heteroatoms. The van der Waals surface area contributed by atoms with E-state index in [1.165, 1.54) is 18.5 Å². The highest BCUT2D eigenvalue weighted by Crippen LogP contribution is 2.30. The molecule has 0 saturated carbocycles. The number of aromatic nitrogens is 3. The van der Waals surface area contributed by atoms with Crippen LogP contribution in [0.3, 0.4) is 0 Å². The molecule has 0 unspecified atom stereocenters. The molecule has 0 radical (unpaired) electrons. The van der Waals surface area contributed by atoms with Crippen LogP contribution in [-0.2, 0) is 0 Å². The number of fused-ring (bicyclic) bond motifs is 1. The molecule has 0 spiro atoms. The van der Waals surface area contributed by atoms with Gasteiger partial charge in [0.15, 0.2) is 0 Å². The number of nitro benzene ring substituents is 1. The van der Waals surface area contributed by atoms with E-state index in [0.29, 0.717) is 41.2 Å². The molecule has 9 nitrogen and oxygen atoms in total. The lowest BCUT2D eigenvalue weighted by Crippen LogP contribution is -2.30. The number of non-ortho nitro benzene ring substituents is 1. The van der Waals surface area contributed by atoms with Gasteiger partial charge in [-0.25, -0.2) is 9.97 Å². The summed E-state index contributed by atoms with van der Waals surface area (Å²) in [5, 5.41) is 30.1. The van der Waals surface area contributed by atoms with Gasteiger partial charge in [0, 0.05) is 36.5 Å². The smallest absolute Gasteiger partial charge is 0.270 e. The van der Waals surface area contributed by atoms with Crippen molar-refractivity contribution in [2.24, 2.45) is 0 Å². The molecule has 0 bridgehead atoms. The minimum atomic E-state index is -0.443. The second-order valence-corrected chi connectivity index (χ2v) is 5.38. The lowest BCUT2D eigenvalue weighted by Gasteiger charge is -2.21. The first kappa shape index (κ1) is 16.8. The van der Waals surface area contributed by atoms with Crippen LogP contribution < -0.4 is 4.90 Å². The Hall–Kier alpha value is -3.04. The molecule has 2 aromatic heterocycles. The summed E-state index contributed by atoms with van der Waals surface area (Å²) in [6, 6.07) is 8.11. The van der Waals surface area contributed by atoms with Crippen LogP contribution in [0.15, 0.2) is 36.7 Å². The van der Waals surface area contributed by atoms with E-state index in [2.05, 4.69) is 15.0 Å². The van der Waals surface area contributed by atoms with Crippen molar-refractivity contribution in [1.82, 2.24) is 15.0 Å². The van der Waals surface area contributed by atoms with Crippen LogP contribution in [0.4, 0.5) is 11.5 Å². The molecule has 0 saturated heterocycles. The molecule has 0 amide bonds. The Bertz CT molecular complexity index is 889. The van der Waals surface area contributed by atoms with E-state index >= 15 is 0 Å². The summed E-state index contributed by atoms with van der Waals surface area (Å²) in [7, 11) is 0. The largest absolute Gasteiger partial charge is 0.395 e. The molecule has 0 aliphatic rings. The Morgan fingerprint density at radius 3 is 2.60 bits per heavy atom. The summed E-state index contributed by atoms with van der Waals surface area (Å²) in [6.45, 7) is 0.495. The highest BCUT2D eigenvalue weighted by Gasteiger charge is 2.15. The van der Waals surface area contributed by atoms with E-state index in [1.807, 2.05) is 6.07 Å². The second kappa shape index (κ2) is 7.24. The standard InChI is InChI=1S/C16H17N5O4/c22-6-4-20(5-7-23)16-13-9-14(19-15(13)17-10-18-16)11-2-1-3-12(8-11)21(24)25/h1-3,8-10,22-23H,4-7H2,(H,17,18,19). The van der Waals surface area contributed by atoms with Crippen LogP contribution >= 0.6 is 0 Å². The maximum Gasteiger partial charge on any atom is 0.270 e. The van der Waals surface area contributed by atoms with E-state index in [4.69, 9.17) is 0 Å². The van der Waals surface area contributed by atoms with Gasteiger partial charge in [0.05, 0.1) is 23.5 Å². The molecule has 1 aromatic carbocycles. The summed E-state index contributed by atoms with van der Waals surface area (Å²) in [5.41, 5.74) is 1.92. The zero-order valence-electron chi connectivity index (χ0n) is 13.3. The van der Waals surface area contributed by atoms with Gasteiger partial charge < -0.3 is 20.1 Å². The molecule has 0 atom stereocenters. The molecule has 0 aliphatic carbocycles. The number of aliphatic hydroxyl groups excluding tert-OH is 2. The number of H-pyrrole nitrogens is 1. The number of aromatic amines is 1. The lowest BCUT2D eigenvalue weighted by molar-refractivity contribution is -0.384. The minimum Gasteiger partial charge on any atom is -0.395 e. The van der Waals surface area contributed by atoms with E-state index in [9.17, 15) is 20.3 Å². The van der Waals surface area contributed by atoms with E-state index in [1.54, 1.807) is 17.0 Å². The number of anilines is 1.